The molecule has 0 aliphatic carbocycles. The van der Waals surface area contributed by atoms with Crippen molar-refractivity contribution >= 4 is 8.32 Å². The standard InChI is InChI=1S/C12H19OSi.Li/c1-11(2)10-14(3,4)13-12-8-6-5-7-9-12;/h5-6,8-9,11H,10H2,1-4H3;/q-1;+1. The Morgan fingerprint density at radius 3 is 2.53 bits per heavy atom. The third-order valence-corrected chi connectivity index (χ3v) is 4.56. The minimum absolute atomic E-state index is 0. The third-order valence-electron chi connectivity index (χ3n) is 1.97. The van der Waals surface area contributed by atoms with Gasteiger partial charge in [0.25, 0.3) is 0 Å². The molecule has 0 spiro atoms. The summed E-state index contributed by atoms with van der Waals surface area (Å²) in [6.07, 6.45) is 0. The van der Waals surface area contributed by atoms with E-state index in [0.717, 1.165) is 5.75 Å². The van der Waals surface area contributed by atoms with Gasteiger partial charge in [-0.1, -0.05) is 13.8 Å². The summed E-state index contributed by atoms with van der Waals surface area (Å²) < 4.78 is 6.02. The molecular formula is C12H19LiOSi. The first-order valence-electron chi connectivity index (χ1n) is 5.15. The molecule has 0 aliphatic heterocycles. The van der Waals surface area contributed by atoms with Gasteiger partial charge in [0.2, 0.25) is 8.32 Å². The summed E-state index contributed by atoms with van der Waals surface area (Å²) in [6, 6.07) is 12.0. The zero-order valence-electron chi connectivity index (χ0n) is 10.5. The second kappa shape index (κ2) is 6.42. The predicted molar refractivity (Wildman–Crippen MR) is 63.0 cm³/mol. The van der Waals surface area contributed by atoms with E-state index in [2.05, 4.69) is 33.0 Å². The molecule has 0 aliphatic rings. The van der Waals surface area contributed by atoms with Gasteiger partial charge in [-0.3, -0.25) is 0 Å². The zero-order chi connectivity index (χ0) is 10.6. The van der Waals surface area contributed by atoms with E-state index in [1.165, 1.54) is 6.04 Å². The molecular weight excluding hydrogens is 195 g/mol. The molecule has 1 aromatic rings. The van der Waals surface area contributed by atoms with Crippen molar-refractivity contribution in [1.29, 1.82) is 0 Å². The van der Waals surface area contributed by atoms with Crippen molar-refractivity contribution in [3.8, 4) is 5.75 Å². The molecule has 78 valence electrons. The minimum atomic E-state index is -1.53. The van der Waals surface area contributed by atoms with Crippen LogP contribution in [-0.4, -0.2) is 8.32 Å². The van der Waals surface area contributed by atoms with Crippen molar-refractivity contribution in [3.63, 3.8) is 0 Å². The second-order valence-corrected chi connectivity index (χ2v) is 8.83. The van der Waals surface area contributed by atoms with Crippen molar-refractivity contribution in [2.24, 2.45) is 5.92 Å². The van der Waals surface area contributed by atoms with Gasteiger partial charge in [-0.15, -0.1) is 12.1 Å². The molecule has 0 atom stereocenters. The molecule has 1 nitrogen and oxygen atoms in total. The van der Waals surface area contributed by atoms with Crippen LogP contribution in [0.25, 0.3) is 0 Å². The summed E-state index contributed by atoms with van der Waals surface area (Å²) in [7, 11) is -1.53. The van der Waals surface area contributed by atoms with E-state index in [0.29, 0.717) is 5.92 Å². The summed E-state index contributed by atoms with van der Waals surface area (Å²) in [6.45, 7) is 9.02. The SMILES string of the molecule is CC(C)C[Si](C)(C)Oc1c[c-]ccc1.[Li+]. The van der Waals surface area contributed by atoms with Crippen LogP contribution < -0.4 is 23.3 Å². The van der Waals surface area contributed by atoms with Crippen LogP contribution in [0.5, 0.6) is 5.75 Å². The zero-order valence-corrected chi connectivity index (χ0v) is 11.5. The Morgan fingerprint density at radius 1 is 1.40 bits per heavy atom. The Bertz CT molecular complexity index is 272. The quantitative estimate of drug-likeness (QED) is 0.530. The van der Waals surface area contributed by atoms with Gasteiger partial charge < -0.3 is 4.43 Å². The fourth-order valence-electron chi connectivity index (χ4n) is 1.78. The molecule has 3 heteroatoms. The third kappa shape index (κ3) is 6.09. The van der Waals surface area contributed by atoms with Crippen LogP contribution in [0.15, 0.2) is 24.3 Å². The monoisotopic (exact) mass is 214 g/mol. The molecule has 0 amide bonds. The maximum absolute atomic E-state index is 6.02. The molecule has 0 aromatic heterocycles. The Labute approximate surface area is 107 Å². The van der Waals surface area contributed by atoms with Gasteiger partial charge in [-0.25, -0.2) is 0 Å². The predicted octanol–water partition coefficient (Wildman–Crippen LogP) is 0.731. The van der Waals surface area contributed by atoms with E-state index in [-0.39, 0.29) is 18.9 Å². The van der Waals surface area contributed by atoms with Crippen LogP contribution in [0, 0.1) is 12.0 Å². The molecule has 1 rings (SSSR count). The van der Waals surface area contributed by atoms with Crippen LogP contribution in [-0.2, 0) is 0 Å². The number of rotatable bonds is 4. The van der Waals surface area contributed by atoms with E-state index in [9.17, 15) is 0 Å². The number of benzene rings is 1. The summed E-state index contributed by atoms with van der Waals surface area (Å²) in [5.74, 6) is 1.68. The molecule has 0 saturated carbocycles. The van der Waals surface area contributed by atoms with Gasteiger partial charge in [0, 0.05) is 0 Å². The average molecular weight is 214 g/mol. The van der Waals surface area contributed by atoms with Crippen molar-refractivity contribution in [3.05, 3.63) is 30.3 Å². The first kappa shape index (κ1) is 14.8. The van der Waals surface area contributed by atoms with Gasteiger partial charge in [0.1, 0.15) is 0 Å². The smallest absolute Gasteiger partial charge is 0.602 e. The Hall–Kier alpha value is -0.166. The van der Waals surface area contributed by atoms with Crippen molar-refractivity contribution in [2.75, 3.05) is 0 Å². The van der Waals surface area contributed by atoms with Crippen LogP contribution in [0.3, 0.4) is 0 Å². The fraction of sp³-hybridized carbons (Fsp3) is 0.500. The van der Waals surface area contributed by atoms with Gasteiger partial charge in [-0.2, -0.15) is 18.2 Å². The van der Waals surface area contributed by atoms with E-state index in [4.69, 9.17) is 4.43 Å². The maximum Gasteiger partial charge on any atom is 1.00 e. The normalized spacial score (nSPS) is 11.0. The minimum Gasteiger partial charge on any atom is -0.602 e. The summed E-state index contributed by atoms with van der Waals surface area (Å²) in [4.78, 5) is 0. The molecule has 0 bridgehead atoms. The van der Waals surface area contributed by atoms with Gasteiger partial charge in [-0.05, 0) is 30.8 Å². The van der Waals surface area contributed by atoms with Crippen molar-refractivity contribution < 1.29 is 23.3 Å². The Kier molecular flexibility index (Phi) is 6.35. The number of hydrogen-bond donors (Lipinski definition) is 0. The molecule has 0 unspecified atom stereocenters. The summed E-state index contributed by atoms with van der Waals surface area (Å²) >= 11 is 0. The van der Waals surface area contributed by atoms with Gasteiger partial charge >= 0.3 is 18.9 Å². The Morgan fingerprint density at radius 2 is 2.07 bits per heavy atom. The molecule has 1 aromatic carbocycles. The summed E-state index contributed by atoms with van der Waals surface area (Å²) in [5, 5.41) is 0. The van der Waals surface area contributed by atoms with E-state index in [1.54, 1.807) is 0 Å². The summed E-state index contributed by atoms with van der Waals surface area (Å²) in [5.41, 5.74) is 0. The molecule has 15 heavy (non-hydrogen) atoms. The van der Waals surface area contributed by atoms with E-state index in [1.807, 2.05) is 24.3 Å². The molecule has 0 saturated heterocycles. The van der Waals surface area contributed by atoms with E-state index >= 15 is 0 Å². The fourth-order valence-corrected chi connectivity index (χ4v) is 4.60. The second-order valence-electron chi connectivity index (χ2n) is 4.70. The van der Waals surface area contributed by atoms with Gasteiger partial charge in [0.15, 0.2) is 0 Å². The number of hydrogen-bond acceptors (Lipinski definition) is 1. The first-order valence-corrected chi connectivity index (χ1v) is 8.26. The van der Waals surface area contributed by atoms with Crippen molar-refractivity contribution in [2.45, 2.75) is 33.0 Å². The van der Waals surface area contributed by atoms with Crippen LogP contribution in [0.1, 0.15) is 13.8 Å². The van der Waals surface area contributed by atoms with E-state index < -0.39 is 8.32 Å². The van der Waals surface area contributed by atoms with Crippen LogP contribution in [0.4, 0.5) is 0 Å². The first-order chi connectivity index (χ1) is 6.49. The molecule has 0 N–H and O–H groups in total. The Balaban J connectivity index is 0.00000196. The van der Waals surface area contributed by atoms with Crippen LogP contribution in [0.2, 0.25) is 19.1 Å². The average Bonchev–Trinajstić information content (AvgIpc) is 2.02. The largest absolute Gasteiger partial charge is 1.00 e. The maximum atomic E-state index is 6.02. The van der Waals surface area contributed by atoms with Crippen LogP contribution >= 0.6 is 0 Å². The molecule has 0 radical (unpaired) electrons. The molecule has 0 heterocycles. The topological polar surface area (TPSA) is 9.23 Å². The molecule has 0 fully saturated rings. The van der Waals surface area contributed by atoms with Gasteiger partial charge in [0.05, 0.1) is 0 Å². The van der Waals surface area contributed by atoms with Crippen molar-refractivity contribution in [1.82, 2.24) is 0 Å².